The molecule has 2 heteroatoms. The summed E-state index contributed by atoms with van der Waals surface area (Å²) in [5.41, 5.74) is 38.9. The third-order valence-electron chi connectivity index (χ3n) is 31.6. The lowest BCUT2D eigenvalue weighted by Crippen LogP contribution is -2.65. The summed E-state index contributed by atoms with van der Waals surface area (Å²) >= 11 is 0. The summed E-state index contributed by atoms with van der Waals surface area (Å²) in [6.45, 7) is 62.9. The smallest absolute Gasteiger partial charge is 0.0540 e. The van der Waals surface area contributed by atoms with Crippen molar-refractivity contribution < 1.29 is 0 Å². The first kappa shape index (κ1) is 68.0. The van der Waals surface area contributed by atoms with E-state index in [4.69, 9.17) is 0 Å². The van der Waals surface area contributed by atoms with Gasteiger partial charge in [0.2, 0.25) is 0 Å². The zero-order valence-electron chi connectivity index (χ0n) is 67.3. The summed E-state index contributed by atoms with van der Waals surface area (Å²) in [5, 5.41) is 2.03. The van der Waals surface area contributed by atoms with Crippen molar-refractivity contribution in [3.8, 4) is 0 Å². The van der Waals surface area contributed by atoms with Gasteiger partial charge in [-0.1, -0.05) is 300 Å². The first-order chi connectivity index (χ1) is 47.4. The Kier molecular flexibility index (Phi) is 13.8. The molecule has 0 radical (unpaired) electrons. The van der Waals surface area contributed by atoms with Crippen LogP contribution in [0, 0.1) is 0 Å². The highest BCUT2D eigenvalue weighted by molar-refractivity contribution is 7.12. The van der Waals surface area contributed by atoms with Crippen LogP contribution in [-0.2, 0) is 75.1 Å². The first-order valence-corrected chi connectivity index (χ1v) is 44.5. The van der Waals surface area contributed by atoms with E-state index in [2.05, 4.69) is 300 Å². The Hall–Kier alpha value is -5.81. The molecule has 0 fully saturated rings. The van der Waals surface area contributed by atoms with Crippen molar-refractivity contribution in [2.75, 3.05) is 0 Å². The highest BCUT2D eigenvalue weighted by Crippen LogP contribution is 2.69. The van der Waals surface area contributed by atoms with Crippen LogP contribution in [0.5, 0.6) is 0 Å². The van der Waals surface area contributed by atoms with Crippen LogP contribution in [0.3, 0.4) is 0 Å². The van der Waals surface area contributed by atoms with E-state index in [-0.39, 0.29) is 76.8 Å². The predicted molar refractivity (Wildman–Crippen MR) is 436 cm³/mol. The first-order valence-electron chi connectivity index (χ1n) is 40.5. The van der Waals surface area contributed by atoms with Crippen LogP contribution in [0.2, 0.25) is 0 Å². The topological polar surface area (TPSA) is 0 Å². The van der Waals surface area contributed by atoms with Crippen molar-refractivity contribution in [2.24, 2.45) is 0 Å². The molecule has 0 spiro atoms. The lowest BCUT2D eigenvalue weighted by atomic mass is 9.53. The van der Waals surface area contributed by atoms with Crippen molar-refractivity contribution in [3.63, 3.8) is 0 Å². The van der Waals surface area contributed by atoms with Crippen molar-refractivity contribution >= 4 is 26.2 Å². The van der Waals surface area contributed by atoms with Gasteiger partial charge in [0, 0.05) is 11.8 Å². The molecule has 4 bridgehead atoms. The van der Waals surface area contributed by atoms with Gasteiger partial charge in [-0.25, -0.2) is 0 Å². The predicted octanol–water partition coefficient (Wildman–Crippen LogP) is 23.7. The summed E-state index contributed by atoms with van der Waals surface area (Å²) in [6, 6.07) is 61.4. The zero-order valence-corrected chi connectivity index (χ0v) is 69.3. The molecular formula is C100H120Si2. The third kappa shape index (κ3) is 8.84. The summed E-state index contributed by atoms with van der Waals surface area (Å²) in [5.74, 6) is 0.192. The highest BCUT2D eigenvalue weighted by atomic mass is 28.9. The molecule has 0 heterocycles. The maximum atomic E-state index is 3.01. The molecule has 12 aliphatic rings. The molecule has 0 aliphatic heterocycles. The minimum absolute atomic E-state index is 0.0176. The van der Waals surface area contributed by atoms with Crippen molar-refractivity contribution in [1.82, 2.24) is 0 Å². The van der Waals surface area contributed by atoms with E-state index >= 15 is 0 Å². The molecule has 102 heavy (non-hydrogen) atoms. The van der Waals surface area contributed by atoms with E-state index in [0.29, 0.717) is 0 Å². The molecule has 0 saturated heterocycles. The zero-order chi connectivity index (χ0) is 72.4. The maximum absolute atomic E-state index is 3.01. The third-order valence-corrected chi connectivity index (χ3v) is 42.5. The Morgan fingerprint density at radius 1 is 0.186 bits per heavy atom. The lowest BCUT2D eigenvalue weighted by molar-refractivity contribution is 0.328. The Morgan fingerprint density at radius 2 is 0.324 bits per heavy atom. The maximum Gasteiger partial charge on any atom is 0.0540 e. The van der Waals surface area contributed by atoms with Gasteiger partial charge in [-0.2, -0.15) is 0 Å². The van der Waals surface area contributed by atoms with Gasteiger partial charge in [-0.05, 0) is 286 Å². The SMILES string of the molecule is CC1(C)CCC(C)(C)c2cc3c(cc21)C1c2cc4c(cc2C3(/[Si](c2ccccc2)=[Si](/c2ccccc2)C23c5cc6c(cc5C(c5cc7c(cc52)C(C)(C)CCC7(C)C)c2cc5c(cc23)C(C)(C)CCC5(C)C)C(C)(C)CCC6(C)C)c2cc3c(cc21)C(C)(C)CCC3(C)C)C(C)(C)CCC4(C)C. The molecular weight excluding hydrogens is 1260 g/mol. The number of hydrogen-bond acceptors (Lipinski definition) is 0. The highest BCUT2D eigenvalue weighted by Gasteiger charge is 2.64. The largest absolute Gasteiger partial charge is 0.0623 e. The molecule has 12 aliphatic carbocycles. The van der Waals surface area contributed by atoms with Gasteiger partial charge in [0.05, 0.1) is 25.9 Å². The molecule has 8 aromatic carbocycles. The van der Waals surface area contributed by atoms with Crippen molar-refractivity contribution in [1.29, 1.82) is 0 Å². The summed E-state index contributed by atoms with van der Waals surface area (Å²) in [6.07, 6.45) is 14.2. The minimum Gasteiger partial charge on any atom is -0.0623 e. The number of fused-ring (bicyclic) bond motifs is 6. The summed E-state index contributed by atoms with van der Waals surface area (Å²) in [7, 11) is -4.35. The van der Waals surface area contributed by atoms with E-state index in [0.717, 1.165) is 0 Å². The van der Waals surface area contributed by atoms with Gasteiger partial charge in [0.25, 0.3) is 0 Å². The Balaban J connectivity index is 1.17. The van der Waals surface area contributed by atoms with Gasteiger partial charge in [0.1, 0.15) is 0 Å². The number of hydrogen-bond donors (Lipinski definition) is 0. The van der Waals surface area contributed by atoms with Gasteiger partial charge >= 0.3 is 0 Å². The van der Waals surface area contributed by atoms with Crippen LogP contribution in [0.15, 0.2) is 133 Å². The molecule has 0 N–H and O–H groups in total. The second-order valence-corrected chi connectivity index (χ2v) is 50.5. The second-order valence-electron chi connectivity index (χ2n) is 43.4. The molecule has 0 nitrogen and oxygen atoms in total. The van der Waals surface area contributed by atoms with Crippen LogP contribution in [-0.4, -0.2) is 15.8 Å². The summed E-state index contributed by atoms with van der Waals surface area (Å²) < 4.78 is 0. The van der Waals surface area contributed by atoms with Crippen molar-refractivity contribution in [3.05, 3.63) is 267 Å². The fraction of sp³-hybridized carbons (Fsp3) is 0.520. The molecule has 0 atom stereocenters. The molecule has 20 rings (SSSR count). The minimum atomic E-state index is -2.18. The monoisotopic (exact) mass is 1380 g/mol. The van der Waals surface area contributed by atoms with Crippen LogP contribution < -0.4 is 10.4 Å². The molecule has 0 aromatic heterocycles. The van der Waals surface area contributed by atoms with Gasteiger partial charge in [0.15, 0.2) is 0 Å². The molecule has 0 amide bonds. The summed E-state index contributed by atoms with van der Waals surface area (Å²) in [4.78, 5) is 0. The average Bonchev–Trinajstić information content (AvgIpc) is 0.643. The molecule has 0 saturated carbocycles. The fourth-order valence-electron chi connectivity index (χ4n) is 24.2. The van der Waals surface area contributed by atoms with Crippen LogP contribution in [0.25, 0.3) is 0 Å². The van der Waals surface area contributed by atoms with Crippen LogP contribution in [0.1, 0.15) is 389 Å². The Bertz CT molecular complexity index is 4310. The van der Waals surface area contributed by atoms with Gasteiger partial charge < -0.3 is 0 Å². The van der Waals surface area contributed by atoms with E-state index in [1.165, 1.54) is 77.0 Å². The number of rotatable bonds is 4. The standard InChI is InChI=1S/C100H120Si2/c1-87(2)35-41-93(13,14)79-53-67-61(47-73(79)87)85-62-48-74-80(94(15,16)42-36-88(74,3)4)54-68(62)99(67,69-55-81-75(49-63(69)85)89(5,6)37-43-95(81,17)18)101(59-31-27-25-28-32-59)102(60-33-29-26-30-34-60)100-70-56-82-76(90(7,8)38-44-96(82,19)20)50-64(70)86(65-51-77-83(57-71(65)100)97(21,22)45-39-91(77,9)10)66-52-78-84(58-72(66)100)98(23,24)46-40-92(78,11)12/h25-34,47-58,85-86H,35-46H2,1-24H3/b102-101-. The normalized spacial score (nSPS) is 27.7. The number of benzene rings is 8. The fourth-order valence-corrected chi connectivity index (χ4v) is 37.7. The van der Waals surface area contributed by atoms with Gasteiger partial charge in [-0.15, -0.1) is 0 Å². The quantitative estimate of drug-likeness (QED) is 0.154. The van der Waals surface area contributed by atoms with Gasteiger partial charge in [-0.3, -0.25) is 0 Å². The molecule has 528 valence electrons. The van der Waals surface area contributed by atoms with E-state index < -0.39 is 25.9 Å². The van der Waals surface area contributed by atoms with Crippen LogP contribution in [0.4, 0.5) is 0 Å². The van der Waals surface area contributed by atoms with Crippen LogP contribution >= 0.6 is 0 Å². The average molecular weight is 1380 g/mol. The molecule has 0 unspecified atom stereocenters. The molecule has 8 aromatic rings. The Labute approximate surface area is 619 Å². The van der Waals surface area contributed by atoms with E-state index in [1.807, 2.05) is 0 Å². The van der Waals surface area contributed by atoms with Crippen molar-refractivity contribution in [2.45, 2.75) is 330 Å². The Morgan fingerprint density at radius 3 is 0.471 bits per heavy atom. The second kappa shape index (κ2) is 20.7. The van der Waals surface area contributed by atoms with E-state index in [1.54, 1.807) is 144 Å². The van der Waals surface area contributed by atoms with E-state index in [9.17, 15) is 0 Å². The lowest BCUT2D eigenvalue weighted by Gasteiger charge is -2.59.